The molecule has 1 aliphatic heterocycles. The molecule has 24 heavy (non-hydrogen) atoms. The third-order valence-electron chi connectivity index (χ3n) is 4.34. The molecule has 138 valence electrons. The van der Waals surface area contributed by atoms with Crippen molar-refractivity contribution in [1.29, 1.82) is 0 Å². The third-order valence-corrected chi connectivity index (χ3v) is 4.34. The number of piperidine rings is 1. The van der Waals surface area contributed by atoms with E-state index in [9.17, 15) is 14.4 Å². The van der Waals surface area contributed by atoms with Crippen LogP contribution in [-0.4, -0.2) is 60.5 Å². The van der Waals surface area contributed by atoms with Crippen LogP contribution in [0.3, 0.4) is 0 Å². The van der Waals surface area contributed by atoms with E-state index >= 15 is 0 Å². The number of nitrogens with one attached hydrogen (secondary N) is 2. The number of hydrogen-bond donors (Lipinski definition) is 3. The zero-order valence-corrected chi connectivity index (χ0v) is 14.7. The van der Waals surface area contributed by atoms with Crippen LogP contribution < -0.4 is 10.6 Å². The summed E-state index contributed by atoms with van der Waals surface area (Å²) >= 11 is 0. The van der Waals surface area contributed by atoms with E-state index in [4.69, 9.17) is 5.11 Å². The van der Waals surface area contributed by atoms with E-state index in [0.717, 1.165) is 39.0 Å². The number of carbonyl (C=O) groups is 3. The first-order valence-electron chi connectivity index (χ1n) is 9.00. The van der Waals surface area contributed by atoms with E-state index in [1.54, 1.807) is 0 Å². The Kier molecular flexibility index (Phi) is 10.1. The second kappa shape index (κ2) is 11.8. The fourth-order valence-electron chi connectivity index (χ4n) is 2.92. The van der Waals surface area contributed by atoms with Gasteiger partial charge in [-0.1, -0.05) is 6.92 Å². The van der Waals surface area contributed by atoms with Gasteiger partial charge in [-0.3, -0.25) is 14.4 Å². The summed E-state index contributed by atoms with van der Waals surface area (Å²) < 4.78 is 0. The van der Waals surface area contributed by atoms with Gasteiger partial charge in [-0.25, -0.2) is 0 Å². The van der Waals surface area contributed by atoms with Crippen molar-refractivity contribution in [3.63, 3.8) is 0 Å². The summed E-state index contributed by atoms with van der Waals surface area (Å²) in [4.78, 5) is 36.2. The van der Waals surface area contributed by atoms with E-state index < -0.39 is 5.97 Å². The van der Waals surface area contributed by atoms with Gasteiger partial charge < -0.3 is 20.6 Å². The normalized spacial score (nSPS) is 15.0. The SMILES string of the molecule is CCCN(CCC1CCNCC1)C(=O)CCC(=O)NCCC(=O)O. The van der Waals surface area contributed by atoms with Crippen molar-refractivity contribution < 1.29 is 19.5 Å². The number of rotatable bonds is 11. The Bertz CT molecular complexity index is 409. The molecule has 0 aromatic rings. The minimum absolute atomic E-state index is 0.0131. The van der Waals surface area contributed by atoms with Crippen LogP contribution in [0.5, 0.6) is 0 Å². The summed E-state index contributed by atoms with van der Waals surface area (Å²) in [5.41, 5.74) is 0. The van der Waals surface area contributed by atoms with E-state index in [-0.39, 0.29) is 37.6 Å². The predicted octanol–water partition coefficient (Wildman–Crippen LogP) is 0.986. The zero-order valence-electron chi connectivity index (χ0n) is 14.7. The van der Waals surface area contributed by atoms with Gasteiger partial charge in [0, 0.05) is 32.5 Å². The first kappa shape index (κ1) is 20.4. The van der Waals surface area contributed by atoms with Crippen molar-refractivity contribution >= 4 is 17.8 Å². The highest BCUT2D eigenvalue weighted by molar-refractivity contribution is 5.84. The zero-order chi connectivity index (χ0) is 17.8. The maximum absolute atomic E-state index is 12.3. The lowest BCUT2D eigenvalue weighted by Gasteiger charge is -2.27. The predicted molar refractivity (Wildman–Crippen MR) is 91.6 cm³/mol. The van der Waals surface area contributed by atoms with Crippen LogP contribution in [0, 0.1) is 5.92 Å². The van der Waals surface area contributed by atoms with Crippen molar-refractivity contribution in [2.45, 2.75) is 51.9 Å². The highest BCUT2D eigenvalue weighted by atomic mass is 16.4. The molecule has 0 aromatic carbocycles. The molecule has 7 heteroatoms. The van der Waals surface area contributed by atoms with Crippen LogP contribution in [0.25, 0.3) is 0 Å². The van der Waals surface area contributed by atoms with Gasteiger partial charge in [0.15, 0.2) is 0 Å². The molecule has 3 N–H and O–H groups in total. The van der Waals surface area contributed by atoms with Crippen molar-refractivity contribution in [3.05, 3.63) is 0 Å². The number of carboxylic acids is 1. The van der Waals surface area contributed by atoms with Gasteiger partial charge in [0.2, 0.25) is 11.8 Å². The Hall–Kier alpha value is -1.63. The lowest BCUT2D eigenvalue weighted by atomic mass is 9.94. The fourth-order valence-corrected chi connectivity index (χ4v) is 2.92. The van der Waals surface area contributed by atoms with Crippen molar-refractivity contribution in [2.75, 3.05) is 32.7 Å². The molecule has 0 bridgehead atoms. The smallest absolute Gasteiger partial charge is 0.305 e. The monoisotopic (exact) mass is 341 g/mol. The summed E-state index contributed by atoms with van der Waals surface area (Å²) in [6, 6.07) is 0. The lowest BCUT2D eigenvalue weighted by molar-refractivity contribution is -0.137. The number of hydrogen-bond acceptors (Lipinski definition) is 4. The molecule has 0 radical (unpaired) electrons. The van der Waals surface area contributed by atoms with Gasteiger partial charge in [0.25, 0.3) is 0 Å². The van der Waals surface area contributed by atoms with E-state index in [1.807, 2.05) is 11.8 Å². The van der Waals surface area contributed by atoms with Crippen LogP contribution in [0.1, 0.15) is 51.9 Å². The molecule has 0 spiro atoms. The second-order valence-electron chi connectivity index (χ2n) is 6.36. The summed E-state index contributed by atoms with van der Waals surface area (Å²) in [5.74, 6) is -0.519. The average Bonchev–Trinajstić information content (AvgIpc) is 2.57. The minimum Gasteiger partial charge on any atom is -0.481 e. The fraction of sp³-hybridized carbons (Fsp3) is 0.824. The highest BCUT2D eigenvalue weighted by Gasteiger charge is 2.18. The summed E-state index contributed by atoms with van der Waals surface area (Å²) in [5, 5.41) is 14.4. The summed E-state index contributed by atoms with van der Waals surface area (Å²) in [6.07, 6.45) is 4.47. The Morgan fingerprint density at radius 1 is 1.12 bits per heavy atom. The molecular formula is C17H31N3O4. The van der Waals surface area contributed by atoms with E-state index in [1.165, 1.54) is 12.8 Å². The van der Waals surface area contributed by atoms with Crippen LogP contribution in [0.4, 0.5) is 0 Å². The van der Waals surface area contributed by atoms with Crippen LogP contribution >= 0.6 is 0 Å². The van der Waals surface area contributed by atoms with E-state index in [0.29, 0.717) is 5.92 Å². The molecule has 1 aliphatic rings. The third kappa shape index (κ3) is 8.86. The molecule has 0 unspecified atom stereocenters. The van der Waals surface area contributed by atoms with Crippen LogP contribution in [-0.2, 0) is 14.4 Å². The molecule has 0 aliphatic carbocycles. The van der Waals surface area contributed by atoms with E-state index in [2.05, 4.69) is 10.6 Å². The second-order valence-corrected chi connectivity index (χ2v) is 6.36. The standard InChI is InChI=1S/C17H31N3O4/c1-2-12-20(13-8-14-5-9-18-10-6-14)16(22)4-3-15(21)19-11-7-17(23)24/h14,18H,2-13H2,1H3,(H,19,21)(H,23,24). The molecule has 0 atom stereocenters. The molecule has 1 heterocycles. The van der Waals surface area contributed by atoms with Crippen LogP contribution in [0.2, 0.25) is 0 Å². The van der Waals surface area contributed by atoms with Gasteiger partial charge in [0.05, 0.1) is 6.42 Å². The lowest BCUT2D eigenvalue weighted by Crippen LogP contribution is -2.36. The largest absolute Gasteiger partial charge is 0.481 e. The molecular weight excluding hydrogens is 310 g/mol. The topological polar surface area (TPSA) is 98.7 Å². The van der Waals surface area contributed by atoms with Gasteiger partial charge >= 0.3 is 5.97 Å². The molecule has 1 rings (SSSR count). The molecule has 2 amide bonds. The number of carbonyl (C=O) groups excluding carboxylic acids is 2. The molecule has 1 fully saturated rings. The van der Waals surface area contributed by atoms with Gasteiger partial charge in [-0.05, 0) is 44.7 Å². The molecule has 1 saturated heterocycles. The Balaban J connectivity index is 2.28. The maximum atomic E-state index is 12.3. The van der Waals surface area contributed by atoms with Crippen LogP contribution in [0.15, 0.2) is 0 Å². The first-order valence-corrected chi connectivity index (χ1v) is 9.00. The van der Waals surface area contributed by atoms with Crippen molar-refractivity contribution in [2.24, 2.45) is 5.92 Å². The Morgan fingerprint density at radius 2 is 1.83 bits per heavy atom. The minimum atomic E-state index is -0.946. The first-order chi connectivity index (χ1) is 11.5. The summed E-state index contributed by atoms with van der Waals surface area (Å²) in [7, 11) is 0. The van der Waals surface area contributed by atoms with Gasteiger partial charge in [-0.2, -0.15) is 0 Å². The van der Waals surface area contributed by atoms with Crippen molar-refractivity contribution in [3.8, 4) is 0 Å². The number of nitrogens with zero attached hydrogens (tertiary/aromatic N) is 1. The quantitative estimate of drug-likeness (QED) is 0.520. The van der Waals surface area contributed by atoms with Gasteiger partial charge in [-0.15, -0.1) is 0 Å². The molecule has 7 nitrogen and oxygen atoms in total. The number of amides is 2. The highest BCUT2D eigenvalue weighted by Crippen LogP contribution is 2.16. The maximum Gasteiger partial charge on any atom is 0.305 e. The number of carboxylic acid groups (broad SMARTS) is 1. The van der Waals surface area contributed by atoms with Gasteiger partial charge in [0.1, 0.15) is 0 Å². The average molecular weight is 341 g/mol. The molecule has 0 aromatic heterocycles. The molecule has 0 saturated carbocycles. The number of aliphatic carboxylic acids is 1. The van der Waals surface area contributed by atoms with Crippen molar-refractivity contribution in [1.82, 2.24) is 15.5 Å². The Morgan fingerprint density at radius 3 is 2.46 bits per heavy atom. The Labute approximate surface area is 144 Å². The summed E-state index contributed by atoms with van der Waals surface area (Å²) in [6.45, 7) is 5.76.